The Bertz CT molecular complexity index is 1390. The van der Waals surface area contributed by atoms with Crippen molar-refractivity contribution in [1.29, 1.82) is 0 Å². The van der Waals surface area contributed by atoms with Crippen LogP contribution in [-0.2, 0) is 21.4 Å². The average molecular weight is 506 g/mol. The number of nitrogens with one attached hydrogen (secondary N) is 1. The predicted molar refractivity (Wildman–Crippen MR) is 141 cm³/mol. The molecule has 180 valence electrons. The lowest BCUT2D eigenvalue weighted by atomic mass is 9.80. The highest BCUT2D eigenvalue weighted by atomic mass is 33.1. The van der Waals surface area contributed by atoms with Crippen molar-refractivity contribution in [1.82, 2.24) is 15.0 Å². The first-order chi connectivity index (χ1) is 16.6. The molecule has 0 atom stereocenters. The SMILES string of the molecule is COc1cc[n+](-c2nc3cc4c(cc3[nH]2)C(C)(C)C(=O)C4(C)C)c(CSSc2ccncc2)c1C. The molecule has 8 heteroatoms. The second-order valence-corrected chi connectivity index (χ2v) is 12.3. The number of rotatable bonds is 6. The van der Waals surface area contributed by atoms with Crippen LogP contribution < -0.4 is 9.30 Å². The van der Waals surface area contributed by atoms with E-state index < -0.39 is 10.8 Å². The zero-order valence-electron chi connectivity index (χ0n) is 20.8. The van der Waals surface area contributed by atoms with Gasteiger partial charge in [0.05, 0.1) is 19.1 Å². The van der Waals surface area contributed by atoms with Crippen molar-refractivity contribution in [3.63, 3.8) is 0 Å². The first kappa shape index (κ1) is 23.9. The van der Waals surface area contributed by atoms with Gasteiger partial charge in [-0.15, -0.1) is 0 Å². The molecule has 3 aromatic heterocycles. The number of hydrogen-bond acceptors (Lipinski definition) is 6. The molecule has 1 aliphatic rings. The Balaban J connectivity index is 1.55. The summed E-state index contributed by atoms with van der Waals surface area (Å²) in [4.78, 5) is 26.8. The minimum Gasteiger partial charge on any atom is -0.496 e. The number of nitrogens with zero attached hydrogens (tertiary/aromatic N) is 3. The summed E-state index contributed by atoms with van der Waals surface area (Å²) in [7, 11) is 5.18. The molecule has 0 saturated heterocycles. The molecule has 1 N–H and O–H groups in total. The number of methoxy groups -OCH3 is 1. The highest BCUT2D eigenvalue weighted by Crippen LogP contribution is 2.47. The number of carbonyl (C=O) groups excluding carboxylic acids is 1. The van der Waals surface area contributed by atoms with Crippen LogP contribution in [0.25, 0.3) is 17.0 Å². The van der Waals surface area contributed by atoms with Gasteiger partial charge in [0.2, 0.25) is 0 Å². The Hall–Kier alpha value is -2.84. The molecule has 0 aliphatic heterocycles. The standard InChI is InChI=1S/C27H29N4O2S2/c1-16-22(15-34-35-17-7-10-28-11-8-17)31(12-9-23(16)33-6)25-29-20-13-18-19(14-21(20)30-25)27(4,5)24(32)26(18,2)3/h7-14H,15H2,1-6H3,(H,29,30)/q+1. The van der Waals surface area contributed by atoms with Gasteiger partial charge in [-0.25, -0.2) is 9.55 Å². The summed E-state index contributed by atoms with van der Waals surface area (Å²) < 4.78 is 7.71. The Morgan fingerprint density at radius 2 is 1.74 bits per heavy atom. The molecule has 0 radical (unpaired) electrons. The van der Waals surface area contributed by atoms with Crippen LogP contribution in [0.1, 0.15) is 50.1 Å². The Morgan fingerprint density at radius 3 is 2.43 bits per heavy atom. The van der Waals surface area contributed by atoms with Crippen molar-refractivity contribution in [3.8, 4) is 11.7 Å². The fourth-order valence-corrected chi connectivity index (χ4v) is 7.19. The van der Waals surface area contributed by atoms with Gasteiger partial charge in [-0.2, -0.15) is 0 Å². The minimum absolute atomic E-state index is 0.249. The third kappa shape index (κ3) is 3.93. The van der Waals surface area contributed by atoms with Crippen LogP contribution in [-0.4, -0.2) is 27.8 Å². The number of aromatic nitrogens is 4. The van der Waals surface area contributed by atoms with Crippen molar-refractivity contribution in [2.45, 2.75) is 56.1 Å². The molecule has 4 aromatic rings. The third-order valence-electron chi connectivity index (χ3n) is 7.01. The van der Waals surface area contributed by atoms with Crippen molar-refractivity contribution >= 4 is 38.4 Å². The summed E-state index contributed by atoms with van der Waals surface area (Å²) >= 11 is 0. The molecule has 3 heterocycles. The van der Waals surface area contributed by atoms with Gasteiger partial charge in [0.1, 0.15) is 17.0 Å². The second-order valence-electron chi connectivity index (χ2n) is 9.91. The number of carbonyl (C=O) groups is 1. The van der Waals surface area contributed by atoms with E-state index in [0.29, 0.717) is 0 Å². The first-order valence-corrected chi connectivity index (χ1v) is 13.8. The number of aromatic amines is 1. The number of pyridine rings is 2. The van der Waals surface area contributed by atoms with Gasteiger partial charge in [0.15, 0.2) is 11.3 Å². The molecule has 0 bridgehead atoms. The largest absolute Gasteiger partial charge is 0.496 e. The van der Waals surface area contributed by atoms with Gasteiger partial charge < -0.3 is 4.74 Å². The maximum Gasteiger partial charge on any atom is 0.402 e. The quantitative estimate of drug-likeness (QED) is 0.270. The van der Waals surface area contributed by atoms with E-state index in [-0.39, 0.29) is 5.78 Å². The normalized spacial score (nSPS) is 16.0. The Labute approximate surface area is 213 Å². The molecule has 0 unspecified atom stereocenters. The van der Waals surface area contributed by atoms with Crippen molar-refractivity contribution < 1.29 is 14.1 Å². The zero-order valence-corrected chi connectivity index (χ0v) is 22.4. The van der Waals surface area contributed by atoms with Crippen molar-refractivity contribution in [2.24, 2.45) is 0 Å². The smallest absolute Gasteiger partial charge is 0.402 e. The molecule has 1 aromatic carbocycles. The summed E-state index contributed by atoms with van der Waals surface area (Å²) in [5.41, 5.74) is 5.09. The van der Waals surface area contributed by atoms with E-state index in [1.54, 1.807) is 28.7 Å². The summed E-state index contributed by atoms with van der Waals surface area (Å²) in [5.74, 6) is 2.61. The molecule has 35 heavy (non-hydrogen) atoms. The molecule has 0 saturated carbocycles. The van der Waals surface area contributed by atoms with Crippen LogP contribution in [0.15, 0.2) is 53.8 Å². The van der Waals surface area contributed by atoms with E-state index >= 15 is 0 Å². The van der Waals surface area contributed by atoms with E-state index in [9.17, 15) is 4.79 Å². The highest BCUT2D eigenvalue weighted by molar-refractivity contribution is 8.76. The lowest BCUT2D eigenvalue weighted by molar-refractivity contribution is -0.610. The van der Waals surface area contributed by atoms with Crippen LogP contribution in [0.4, 0.5) is 0 Å². The van der Waals surface area contributed by atoms with E-state index in [0.717, 1.165) is 55.8 Å². The molecule has 0 spiro atoms. The van der Waals surface area contributed by atoms with Gasteiger partial charge in [0.25, 0.3) is 0 Å². The van der Waals surface area contributed by atoms with Crippen LogP contribution in [0.5, 0.6) is 5.75 Å². The third-order valence-corrected chi connectivity index (χ3v) is 9.27. The number of benzene rings is 1. The van der Waals surface area contributed by atoms with E-state index in [1.807, 2.05) is 64.5 Å². The minimum atomic E-state index is -0.526. The highest BCUT2D eigenvalue weighted by Gasteiger charge is 2.50. The van der Waals surface area contributed by atoms with Crippen LogP contribution in [0.3, 0.4) is 0 Å². The lowest BCUT2D eigenvalue weighted by Crippen LogP contribution is -2.37. The van der Waals surface area contributed by atoms with Crippen LogP contribution >= 0.6 is 21.6 Å². The molecule has 0 fully saturated rings. The maximum absolute atomic E-state index is 13.1. The summed E-state index contributed by atoms with van der Waals surface area (Å²) in [6.45, 7) is 10.1. The molecule has 0 amide bonds. The van der Waals surface area contributed by atoms with E-state index in [1.165, 1.54) is 0 Å². The fourth-order valence-electron chi connectivity index (χ4n) is 5.04. The summed E-state index contributed by atoms with van der Waals surface area (Å²) in [5, 5.41) is 0. The molecule has 5 rings (SSSR count). The van der Waals surface area contributed by atoms with E-state index in [2.05, 4.69) is 33.6 Å². The van der Waals surface area contributed by atoms with Crippen LogP contribution in [0, 0.1) is 6.92 Å². The molecular weight excluding hydrogens is 476 g/mol. The van der Waals surface area contributed by atoms with Gasteiger partial charge in [0, 0.05) is 39.7 Å². The predicted octanol–water partition coefficient (Wildman–Crippen LogP) is 5.63. The zero-order chi connectivity index (χ0) is 25.0. The topological polar surface area (TPSA) is 71.8 Å². The maximum atomic E-state index is 13.1. The monoisotopic (exact) mass is 505 g/mol. The number of Topliss-reactive ketones (excluding diaryl/α,β-unsaturated/α-hetero) is 1. The molecular formula is C27H29N4O2S2+. The Morgan fingerprint density at radius 1 is 1.06 bits per heavy atom. The number of ketones is 1. The number of fused-ring (bicyclic) bond motifs is 2. The number of imidazole rings is 1. The van der Waals surface area contributed by atoms with Gasteiger partial charge >= 0.3 is 5.95 Å². The van der Waals surface area contributed by atoms with Gasteiger partial charge in [-0.3, -0.25) is 9.78 Å². The number of ether oxygens (including phenoxy) is 1. The number of H-pyrrole nitrogens is 1. The summed E-state index contributed by atoms with van der Waals surface area (Å²) in [6, 6.07) is 10.2. The molecule has 1 aliphatic carbocycles. The van der Waals surface area contributed by atoms with Crippen LogP contribution in [0.2, 0.25) is 0 Å². The van der Waals surface area contributed by atoms with Gasteiger partial charge in [-0.1, -0.05) is 26.6 Å². The van der Waals surface area contributed by atoms with Crippen molar-refractivity contribution in [2.75, 3.05) is 7.11 Å². The summed E-state index contributed by atoms with van der Waals surface area (Å²) in [6.07, 6.45) is 5.62. The fraction of sp³-hybridized carbons (Fsp3) is 0.333. The number of hydrogen-bond donors (Lipinski definition) is 1. The molecule has 6 nitrogen and oxygen atoms in total. The Kier molecular flexibility index (Phi) is 5.92. The van der Waals surface area contributed by atoms with Crippen molar-refractivity contribution in [3.05, 3.63) is 71.3 Å². The lowest BCUT2D eigenvalue weighted by Gasteiger charge is -2.21. The first-order valence-electron chi connectivity index (χ1n) is 11.5. The van der Waals surface area contributed by atoms with E-state index in [4.69, 9.17) is 9.72 Å². The second kappa shape index (κ2) is 8.68. The van der Waals surface area contributed by atoms with Gasteiger partial charge in [-0.05, 0) is 70.0 Å². The average Bonchev–Trinajstić information content (AvgIpc) is 3.31.